The minimum Gasteiger partial charge on any atom is -0.322 e. The molecule has 2 aromatic carbocycles. The Morgan fingerprint density at radius 3 is 2.21 bits per heavy atom. The first kappa shape index (κ1) is 18.2. The number of anilines is 1. The highest BCUT2D eigenvalue weighted by Gasteiger charge is 2.16. The fourth-order valence-electron chi connectivity index (χ4n) is 2.23. The highest BCUT2D eigenvalue weighted by molar-refractivity contribution is 7.89. The molecule has 24 heavy (non-hydrogen) atoms. The molecule has 0 heterocycles. The van der Waals surface area contributed by atoms with Crippen LogP contribution < -0.4 is 10.0 Å². The Morgan fingerprint density at radius 2 is 1.62 bits per heavy atom. The summed E-state index contributed by atoms with van der Waals surface area (Å²) in [5.74, 6) is -0.274. The van der Waals surface area contributed by atoms with Crippen LogP contribution in [0.4, 0.5) is 5.69 Å². The first-order valence-electron chi connectivity index (χ1n) is 7.70. The van der Waals surface area contributed by atoms with Gasteiger partial charge in [-0.15, -0.1) is 0 Å². The van der Waals surface area contributed by atoms with Crippen LogP contribution in [-0.2, 0) is 10.0 Å². The van der Waals surface area contributed by atoms with Crippen molar-refractivity contribution in [2.45, 2.75) is 38.6 Å². The molecular weight excluding hydrogens is 324 g/mol. The standard InChI is InChI=1S/C18H22N2O3S/c1-12(2)20-24(22,23)16-9-7-15(8-10-16)18(21)19-17-11-13(3)5-6-14(17)4/h5-12,20H,1-4H3,(H,19,21). The third-order valence-electron chi connectivity index (χ3n) is 3.46. The molecule has 0 saturated heterocycles. The van der Waals surface area contributed by atoms with Gasteiger partial charge in [0.25, 0.3) is 5.91 Å². The van der Waals surface area contributed by atoms with Crippen LogP contribution in [0.1, 0.15) is 35.3 Å². The average Bonchev–Trinajstić information content (AvgIpc) is 2.50. The molecule has 0 atom stereocenters. The van der Waals surface area contributed by atoms with E-state index in [4.69, 9.17) is 0 Å². The number of carbonyl (C=O) groups is 1. The van der Waals surface area contributed by atoms with Gasteiger partial charge in [0.2, 0.25) is 10.0 Å². The van der Waals surface area contributed by atoms with Gasteiger partial charge in [0, 0.05) is 17.3 Å². The number of nitrogens with one attached hydrogen (secondary N) is 2. The van der Waals surface area contributed by atoms with Crippen LogP contribution in [-0.4, -0.2) is 20.4 Å². The van der Waals surface area contributed by atoms with E-state index in [2.05, 4.69) is 10.0 Å². The zero-order valence-electron chi connectivity index (χ0n) is 14.3. The molecule has 0 spiro atoms. The Kier molecular flexibility index (Phi) is 5.41. The first-order valence-corrected chi connectivity index (χ1v) is 9.18. The van der Waals surface area contributed by atoms with Gasteiger partial charge in [-0.2, -0.15) is 0 Å². The minimum absolute atomic E-state index is 0.138. The van der Waals surface area contributed by atoms with Crippen LogP contribution >= 0.6 is 0 Å². The molecule has 0 saturated carbocycles. The van der Waals surface area contributed by atoms with Crippen molar-refractivity contribution < 1.29 is 13.2 Å². The number of aryl methyl sites for hydroxylation is 2. The lowest BCUT2D eigenvalue weighted by Gasteiger charge is -2.11. The predicted molar refractivity (Wildman–Crippen MR) is 95.8 cm³/mol. The van der Waals surface area contributed by atoms with Gasteiger partial charge in [0.15, 0.2) is 0 Å². The van der Waals surface area contributed by atoms with Gasteiger partial charge in [-0.05, 0) is 69.2 Å². The second kappa shape index (κ2) is 7.15. The summed E-state index contributed by atoms with van der Waals surface area (Å²) >= 11 is 0. The highest BCUT2D eigenvalue weighted by atomic mass is 32.2. The van der Waals surface area contributed by atoms with E-state index in [1.807, 2.05) is 32.0 Å². The Balaban J connectivity index is 2.18. The minimum atomic E-state index is -3.55. The second-order valence-corrected chi connectivity index (χ2v) is 7.79. The molecule has 6 heteroatoms. The van der Waals surface area contributed by atoms with Crippen LogP contribution in [0.3, 0.4) is 0 Å². The van der Waals surface area contributed by atoms with Gasteiger partial charge in [-0.3, -0.25) is 4.79 Å². The largest absolute Gasteiger partial charge is 0.322 e. The van der Waals surface area contributed by atoms with Crippen LogP contribution in [0.5, 0.6) is 0 Å². The molecule has 5 nitrogen and oxygen atoms in total. The molecule has 0 unspecified atom stereocenters. The monoisotopic (exact) mass is 346 g/mol. The van der Waals surface area contributed by atoms with E-state index in [-0.39, 0.29) is 16.8 Å². The smallest absolute Gasteiger partial charge is 0.255 e. The summed E-state index contributed by atoms with van der Waals surface area (Å²) in [5, 5.41) is 2.85. The zero-order valence-corrected chi connectivity index (χ0v) is 15.1. The molecule has 1 amide bonds. The molecule has 0 aliphatic heterocycles. The van der Waals surface area contributed by atoms with Crippen LogP contribution in [0, 0.1) is 13.8 Å². The van der Waals surface area contributed by atoms with Crippen molar-refractivity contribution in [1.82, 2.24) is 4.72 Å². The second-order valence-electron chi connectivity index (χ2n) is 6.07. The van der Waals surface area contributed by atoms with E-state index in [1.54, 1.807) is 13.8 Å². The van der Waals surface area contributed by atoms with Crippen molar-refractivity contribution in [2.75, 3.05) is 5.32 Å². The summed E-state index contributed by atoms with van der Waals surface area (Å²) in [5.41, 5.74) is 3.17. The summed E-state index contributed by atoms with van der Waals surface area (Å²) in [6.07, 6.45) is 0. The molecule has 2 N–H and O–H groups in total. The van der Waals surface area contributed by atoms with E-state index in [9.17, 15) is 13.2 Å². The summed E-state index contributed by atoms with van der Waals surface area (Å²) in [6.45, 7) is 7.38. The van der Waals surface area contributed by atoms with Crippen molar-refractivity contribution >= 4 is 21.6 Å². The lowest BCUT2D eigenvalue weighted by Crippen LogP contribution is -2.30. The average molecular weight is 346 g/mol. The van der Waals surface area contributed by atoms with Crippen LogP contribution in [0.15, 0.2) is 47.4 Å². The maximum atomic E-state index is 12.3. The van der Waals surface area contributed by atoms with Gasteiger partial charge in [-0.1, -0.05) is 12.1 Å². The lowest BCUT2D eigenvalue weighted by molar-refractivity contribution is 0.102. The van der Waals surface area contributed by atoms with Crippen molar-refractivity contribution in [1.29, 1.82) is 0 Å². The van der Waals surface area contributed by atoms with Crippen molar-refractivity contribution in [3.8, 4) is 0 Å². The number of rotatable bonds is 5. The molecule has 128 valence electrons. The molecule has 0 fully saturated rings. The molecule has 0 aromatic heterocycles. The van der Waals surface area contributed by atoms with E-state index in [0.29, 0.717) is 5.56 Å². The molecule has 2 rings (SSSR count). The first-order chi connectivity index (χ1) is 11.2. The normalized spacial score (nSPS) is 11.5. The van der Waals surface area contributed by atoms with Gasteiger partial charge < -0.3 is 5.32 Å². The quantitative estimate of drug-likeness (QED) is 0.873. The fourth-order valence-corrected chi connectivity index (χ4v) is 3.48. The van der Waals surface area contributed by atoms with Crippen LogP contribution in [0.25, 0.3) is 0 Å². The highest BCUT2D eigenvalue weighted by Crippen LogP contribution is 2.18. The Morgan fingerprint density at radius 1 is 1.00 bits per heavy atom. The van der Waals surface area contributed by atoms with Crippen LogP contribution in [0.2, 0.25) is 0 Å². The summed E-state index contributed by atoms with van der Waals surface area (Å²) in [6, 6.07) is 11.5. The molecular formula is C18H22N2O3S. The Hall–Kier alpha value is -2.18. The van der Waals surface area contributed by atoms with Gasteiger partial charge in [0.1, 0.15) is 0 Å². The lowest BCUT2D eigenvalue weighted by atomic mass is 10.1. The summed E-state index contributed by atoms with van der Waals surface area (Å²) in [4.78, 5) is 12.5. The molecule has 0 bridgehead atoms. The van der Waals surface area contributed by atoms with Crippen molar-refractivity contribution in [3.63, 3.8) is 0 Å². The van der Waals surface area contributed by atoms with Gasteiger partial charge in [-0.25, -0.2) is 13.1 Å². The number of amides is 1. The maximum absolute atomic E-state index is 12.3. The molecule has 0 radical (unpaired) electrons. The summed E-state index contributed by atoms with van der Waals surface area (Å²) < 4.78 is 26.7. The zero-order chi connectivity index (χ0) is 17.9. The number of benzene rings is 2. The number of hydrogen-bond donors (Lipinski definition) is 2. The SMILES string of the molecule is Cc1ccc(C)c(NC(=O)c2ccc(S(=O)(=O)NC(C)C)cc2)c1. The van der Waals surface area contributed by atoms with Crippen molar-refractivity contribution in [2.24, 2.45) is 0 Å². The third kappa shape index (κ3) is 4.43. The van der Waals surface area contributed by atoms with Crippen molar-refractivity contribution in [3.05, 3.63) is 59.2 Å². The van der Waals surface area contributed by atoms with E-state index in [1.165, 1.54) is 24.3 Å². The fraction of sp³-hybridized carbons (Fsp3) is 0.278. The van der Waals surface area contributed by atoms with Gasteiger partial charge in [0.05, 0.1) is 4.90 Å². The van der Waals surface area contributed by atoms with E-state index >= 15 is 0 Å². The van der Waals surface area contributed by atoms with Gasteiger partial charge >= 0.3 is 0 Å². The molecule has 0 aliphatic carbocycles. The Labute approximate surface area is 143 Å². The molecule has 0 aliphatic rings. The topological polar surface area (TPSA) is 75.3 Å². The molecule has 2 aromatic rings. The number of sulfonamides is 1. The van der Waals surface area contributed by atoms with E-state index in [0.717, 1.165) is 16.8 Å². The van der Waals surface area contributed by atoms with E-state index < -0.39 is 10.0 Å². The maximum Gasteiger partial charge on any atom is 0.255 e. The predicted octanol–water partition coefficient (Wildman–Crippen LogP) is 3.24. The summed E-state index contributed by atoms with van der Waals surface area (Å²) in [7, 11) is -3.55. The Bertz CT molecular complexity index is 841. The number of hydrogen-bond acceptors (Lipinski definition) is 3. The third-order valence-corrected chi connectivity index (χ3v) is 5.13. The number of carbonyl (C=O) groups excluding carboxylic acids is 1.